The van der Waals surface area contributed by atoms with Crippen LogP contribution in [0.5, 0.6) is 0 Å². The number of rotatable bonds is 5. The first-order valence-corrected chi connectivity index (χ1v) is 9.49. The highest BCUT2D eigenvalue weighted by Gasteiger charge is 2.42. The molecule has 140 valence electrons. The molecule has 2 amide bonds. The smallest absolute Gasteiger partial charge is 0.277 e. The predicted molar refractivity (Wildman–Crippen MR) is 102 cm³/mol. The molecule has 0 aromatic heterocycles. The average molecular weight is 397 g/mol. The van der Waals surface area contributed by atoms with E-state index in [1.807, 2.05) is 4.90 Å². The Balaban J connectivity index is 2.05. The van der Waals surface area contributed by atoms with E-state index in [4.69, 9.17) is 27.9 Å². The van der Waals surface area contributed by atoms with E-state index in [1.54, 1.807) is 25.3 Å². The minimum absolute atomic E-state index is 0.219. The molecule has 7 heteroatoms. The number of ether oxygens (including phenoxy) is 1. The standard InChI is InChI=1S/C19H22Cl2N2O3/c1-12-5-7-22(8-6-12)17-16(14-4-3-13(20)11-15(14)21)18(24)23(19(17)25)9-10-26-2/h3-4,11-12H,5-10H2,1-2H3. The number of halogens is 2. The van der Waals surface area contributed by atoms with Gasteiger partial charge < -0.3 is 9.64 Å². The summed E-state index contributed by atoms with van der Waals surface area (Å²) in [6, 6.07) is 4.98. The highest BCUT2D eigenvalue weighted by molar-refractivity contribution is 6.41. The molecule has 0 aliphatic carbocycles. The first-order valence-electron chi connectivity index (χ1n) is 8.73. The minimum Gasteiger partial charge on any atom is -0.383 e. The molecule has 2 heterocycles. The molecule has 5 nitrogen and oxygen atoms in total. The molecule has 3 rings (SSSR count). The molecule has 0 unspecified atom stereocenters. The molecule has 0 saturated carbocycles. The van der Waals surface area contributed by atoms with Crippen LogP contribution < -0.4 is 0 Å². The number of piperidine rings is 1. The second-order valence-electron chi connectivity index (χ2n) is 6.77. The third kappa shape index (κ3) is 3.61. The summed E-state index contributed by atoms with van der Waals surface area (Å²) in [4.78, 5) is 29.4. The number of amides is 2. The summed E-state index contributed by atoms with van der Waals surface area (Å²) < 4.78 is 5.05. The average Bonchev–Trinajstić information content (AvgIpc) is 2.85. The maximum Gasteiger partial charge on any atom is 0.277 e. The molecule has 26 heavy (non-hydrogen) atoms. The molecular formula is C19H22Cl2N2O3. The van der Waals surface area contributed by atoms with Crippen LogP contribution in [-0.4, -0.2) is 55.0 Å². The number of hydrogen-bond acceptors (Lipinski definition) is 4. The maximum absolute atomic E-state index is 13.1. The van der Waals surface area contributed by atoms with Gasteiger partial charge in [0.2, 0.25) is 0 Å². The van der Waals surface area contributed by atoms with E-state index in [0.29, 0.717) is 39.4 Å². The van der Waals surface area contributed by atoms with E-state index in [0.717, 1.165) is 25.9 Å². The Hall–Kier alpha value is -1.56. The molecule has 2 aliphatic heterocycles. The Kier molecular flexibility index (Phi) is 5.90. The molecule has 0 spiro atoms. The van der Waals surface area contributed by atoms with Crippen molar-refractivity contribution in [1.82, 2.24) is 9.80 Å². The van der Waals surface area contributed by atoms with E-state index in [-0.39, 0.29) is 18.4 Å². The number of methoxy groups -OCH3 is 1. The molecule has 0 N–H and O–H groups in total. The Bertz CT molecular complexity index is 755. The second kappa shape index (κ2) is 7.99. The number of carbonyl (C=O) groups excluding carboxylic acids is 2. The van der Waals surface area contributed by atoms with Gasteiger partial charge in [0.05, 0.1) is 23.7 Å². The third-order valence-corrected chi connectivity index (χ3v) is 5.51. The lowest BCUT2D eigenvalue weighted by molar-refractivity contribution is -0.138. The van der Waals surface area contributed by atoms with Crippen LogP contribution in [0.25, 0.3) is 5.57 Å². The number of hydrogen-bond donors (Lipinski definition) is 0. The van der Waals surface area contributed by atoms with Gasteiger partial charge in [-0.05, 0) is 30.9 Å². The van der Waals surface area contributed by atoms with Crippen LogP contribution in [0, 0.1) is 5.92 Å². The summed E-state index contributed by atoms with van der Waals surface area (Å²) in [6.07, 6.45) is 1.98. The van der Waals surface area contributed by atoms with E-state index < -0.39 is 0 Å². The van der Waals surface area contributed by atoms with Crippen molar-refractivity contribution in [3.05, 3.63) is 39.5 Å². The number of nitrogens with zero attached hydrogens (tertiary/aromatic N) is 2. The minimum atomic E-state index is -0.329. The molecule has 1 saturated heterocycles. The highest BCUT2D eigenvalue weighted by Crippen LogP contribution is 2.37. The molecule has 1 aromatic carbocycles. The summed E-state index contributed by atoms with van der Waals surface area (Å²) in [5.74, 6) is 0.0127. The van der Waals surface area contributed by atoms with Crippen molar-refractivity contribution >= 4 is 40.6 Å². The van der Waals surface area contributed by atoms with Gasteiger partial charge in [0.15, 0.2) is 0 Å². The zero-order chi connectivity index (χ0) is 18.8. The van der Waals surface area contributed by atoms with Crippen LogP contribution in [0.3, 0.4) is 0 Å². The predicted octanol–water partition coefficient (Wildman–Crippen LogP) is 3.45. The summed E-state index contributed by atoms with van der Waals surface area (Å²) in [5, 5.41) is 0.853. The molecule has 0 atom stereocenters. The zero-order valence-corrected chi connectivity index (χ0v) is 16.4. The van der Waals surface area contributed by atoms with Gasteiger partial charge in [-0.1, -0.05) is 36.2 Å². The Morgan fingerprint density at radius 2 is 1.85 bits per heavy atom. The number of benzene rings is 1. The molecule has 2 aliphatic rings. The molecular weight excluding hydrogens is 375 g/mol. The van der Waals surface area contributed by atoms with Crippen molar-refractivity contribution in [3.8, 4) is 0 Å². The topological polar surface area (TPSA) is 49.9 Å². The quantitative estimate of drug-likeness (QED) is 0.715. The van der Waals surface area contributed by atoms with Crippen molar-refractivity contribution in [3.63, 3.8) is 0 Å². The fourth-order valence-corrected chi connectivity index (χ4v) is 3.91. The summed E-state index contributed by atoms with van der Waals surface area (Å²) >= 11 is 12.4. The van der Waals surface area contributed by atoms with Crippen LogP contribution in [0.15, 0.2) is 23.9 Å². The molecule has 0 radical (unpaired) electrons. The highest BCUT2D eigenvalue weighted by atomic mass is 35.5. The van der Waals surface area contributed by atoms with Crippen molar-refractivity contribution in [2.24, 2.45) is 5.92 Å². The normalized spacial score (nSPS) is 19.1. The zero-order valence-electron chi connectivity index (χ0n) is 14.9. The monoisotopic (exact) mass is 396 g/mol. The fraction of sp³-hybridized carbons (Fsp3) is 0.474. The molecule has 1 aromatic rings. The molecule has 0 bridgehead atoms. The van der Waals surface area contributed by atoms with Gasteiger partial charge in [0, 0.05) is 30.8 Å². The summed E-state index contributed by atoms with van der Waals surface area (Å²) in [7, 11) is 1.54. The Morgan fingerprint density at radius 1 is 1.15 bits per heavy atom. The van der Waals surface area contributed by atoms with Crippen LogP contribution in [0.2, 0.25) is 10.0 Å². The fourth-order valence-electron chi connectivity index (χ4n) is 3.41. The van der Waals surface area contributed by atoms with E-state index in [9.17, 15) is 9.59 Å². The molecule has 1 fully saturated rings. The van der Waals surface area contributed by atoms with Crippen molar-refractivity contribution in [2.45, 2.75) is 19.8 Å². The Labute approximate surface area is 163 Å². The number of likely N-dealkylation sites (tertiary alicyclic amines) is 1. The van der Waals surface area contributed by atoms with Crippen molar-refractivity contribution in [2.75, 3.05) is 33.4 Å². The lowest BCUT2D eigenvalue weighted by atomic mass is 9.97. The first-order chi connectivity index (χ1) is 12.4. The van der Waals surface area contributed by atoms with Gasteiger partial charge in [0.1, 0.15) is 5.70 Å². The number of imide groups is 1. The Morgan fingerprint density at radius 3 is 2.46 bits per heavy atom. The van der Waals surface area contributed by atoms with Gasteiger partial charge in [0.25, 0.3) is 11.8 Å². The summed E-state index contributed by atoms with van der Waals surface area (Å²) in [6.45, 7) is 4.22. The van der Waals surface area contributed by atoms with Crippen LogP contribution in [0.1, 0.15) is 25.3 Å². The van der Waals surface area contributed by atoms with Crippen molar-refractivity contribution in [1.29, 1.82) is 0 Å². The SMILES string of the molecule is COCCN1C(=O)C(c2ccc(Cl)cc2Cl)=C(N2CCC(C)CC2)C1=O. The second-order valence-corrected chi connectivity index (χ2v) is 7.62. The maximum atomic E-state index is 13.1. The third-order valence-electron chi connectivity index (χ3n) is 4.96. The van der Waals surface area contributed by atoms with Gasteiger partial charge >= 0.3 is 0 Å². The van der Waals surface area contributed by atoms with Gasteiger partial charge in [-0.2, -0.15) is 0 Å². The van der Waals surface area contributed by atoms with E-state index >= 15 is 0 Å². The lowest BCUT2D eigenvalue weighted by Gasteiger charge is -2.32. The van der Waals surface area contributed by atoms with Crippen LogP contribution >= 0.6 is 23.2 Å². The first kappa shape index (κ1) is 19.2. The van der Waals surface area contributed by atoms with E-state index in [1.165, 1.54) is 4.90 Å². The largest absolute Gasteiger partial charge is 0.383 e. The number of carbonyl (C=O) groups is 2. The van der Waals surface area contributed by atoms with Gasteiger partial charge in [-0.3, -0.25) is 14.5 Å². The van der Waals surface area contributed by atoms with Crippen molar-refractivity contribution < 1.29 is 14.3 Å². The van der Waals surface area contributed by atoms with Crippen LogP contribution in [0.4, 0.5) is 0 Å². The summed E-state index contributed by atoms with van der Waals surface area (Å²) in [5.41, 5.74) is 1.35. The van der Waals surface area contributed by atoms with Gasteiger partial charge in [-0.15, -0.1) is 0 Å². The van der Waals surface area contributed by atoms with E-state index in [2.05, 4.69) is 6.92 Å². The van der Waals surface area contributed by atoms with Gasteiger partial charge in [-0.25, -0.2) is 0 Å². The lowest BCUT2D eigenvalue weighted by Crippen LogP contribution is -2.39. The van der Waals surface area contributed by atoms with Crippen LogP contribution in [-0.2, 0) is 14.3 Å².